The molecule has 11 heteroatoms. The van der Waals surface area contributed by atoms with Crippen molar-refractivity contribution in [3.8, 4) is 0 Å². The molecule has 0 aliphatic heterocycles. The van der Waals surface area contributed by atoms with Crippen LogP contribution in [0.2, 0.25) is 5.02 Å². The van der Waals surface area contributed by atoms with E-state index in [2.05, 4.69) is 10.3 Å². The summed E-state index contributed by atoms with van der Waals surface area (Å²) in [4.78, 5) is 30.3. The number of nitrogens with one attached hydrogen (secondary N) is 1. The van der Waals surface area contributed by atoms with Gasteiger partial charge in [-0.2, -0.15) is 13.2 Å². The number of fused-ring (bicyclic) bond motifs is 1. The SMILES string of the molecule is CCOC(=O)c1ccc2c(c1)nc(S[C@@H](C(=O)Nc1ccc(Cl)c(C(F)(F)F)c1)c1ccccc1)n2CC. The summed E-state index contributed by atoms with van der Waals surface area (Å²) in [5.74, 6) is -0.990. The molecule has 0 saturated heterocycles. The minimum atomic E-state index is -4.67. The zero-order valence-corrected chi connectivity index (χ0v) is 22.0. The fourth-order valence-corrected chi connectivity index (χ4v) is 5.28. The number of imidazole rings is 1. The molecule has 38 heavy (non-hydrogen) atoms. The summed E-state index contributed by atoms with van der Waals surface area (Å²) in [6.07, 6.45) is -4.67. The van der Waals surface area contributed by atoms with Crippen molar-refractivity contribution in [2.24, 2.45) is 0 Å². The topological polar surface area (TPSA) is 73.2 Å². The van der Waals surface area contributed by atoms with E-state index in [4.69, 9.17) is 16.3 Å². The van der Waals surface area contributed by atoms with E-state index in [-0.39, 0.29) is 12.3 Å². The van der Waals surface area contributed by atoms with Crippen molar-refractivity contribution in [2.75, 3.05) is 11.9 Å². The quantitative estimate of drug-likeness (QED) is 0.179. The Hall–Kier alpha value is -3.50. The van der Waals surface area contributed by atoms with E-state index >= 15 is 0 Å². The molecule has 0 radical (unpaired) electrons. The number of nitrogens with zero attached hydrogens (tertiary/aromatic N) is 2. The van der Waals surface area contributed by atoms with Crippen LogP contribution >= 0.6 is 23.4 Å². The van der Waals surface area contributed by atoms with Crippen LogP contribution < -0.4 is 5.32 Å². The van der Waals surface area contributed by atoms with E-state index in [1.54, 1.807) is 55.5 Å². The first-order chi connectivity index (χ1) is 18.1. The Bertz CT molecular complexity index is 1480. The van der Waals surface area contributed by atoms with Crippen LogP contribution in [0.1, 0.15) is 40.6 Å². The highest BCUT2D eigenvalue weighted by atomic mass is 35.5. The van der Waals surface area contributed by atoms with Gasteiger partial charge in [0.1, 0.15) is 5.25 Å². The molecule has 0 fully saturated rings. The number of rotatable bonds is 8. The van der Waals surface area contributed by atoms with Gasteiger partial charge in [0, 0.05) is 12.2 Å². The maximum atomic E-state index is 13.4. The largest absolute Gasteiger partial charge is 0.462 e. The maximum absolute atomic E-state index is 13.4. The van der Waals surface area contributed by atoms with Gasteiger partial charge >= 0.3 is 12.1 Å². The van der Waals surface area contributed by atoms with E-state index < -0.39 is 33.9 Å². The first-order valence-electron chi connectivity index (χ1n) is 11.7. The predicted molar refractivity (Wildman–Crippen MR) is 141 cm³/mol. The standard InChI is InChI=1S/C27H23ClF3N3O3S/c1-3-34-22-13-10-17(25(36)37-4-2)14-21(22)33-26(34)38-23(16-8-6-5-7-9-16)24(35)32-18-11-12-20(28)19(15-18)27(29,30)31/h5-15,23H,3-4H2,1-2H3,(H,32,35)/t23-/m1/s1. The number of hydrogen-bond acceptors (Lipinski definition) is 5. The zero-order chi connectivity index (χ0) is 27.4. The Balaban J connectivity index is 1.69. The zero-order valence-electron chi connectivity index (χ0n) is 20.4. The Morgan fingerprint density at radius 1 is 1.08 bits per heavy atom. The number of ether oxygens (including phenoxy) is 1. The molecule has 1 N–H and O–H groups in total. The van der Waals surface area contributed by atoms with E-state index in [0.717, 1.165) is 29.4 Å². The normalized spacial score (nSPS) is 12.4. The van der Waals surface area contributed by atoms with Gasteiger partial charge in [0.05, 0.1) is 33.8 Å². The molecule has 1 heterocycles. The van der Waals surface area contributed by atoms with Crippen molar-refractivity contribution in [3.63, 3.8) is 0 Å². The van der Waals surface area contributed by atoms with Crippen LogP contribution in [0, 0.1) is 0 Å². The number of carbonyl (C=O) groups is 2. The lowest BCUT2D eigenvalue weighted by Gasteiger charge is -2.18. The summed E-state index contributed by atoms with van der Waals surface area (Å²) in [6, 6.07) is 17.2. The lowest BCUT2D eigenvalue weighted by molar-refractivity contribution is -0.137. The Labute approximate surface area is 226 Å². The van der Waals surface area contributed by atoms with Crippen molar-refractivity contribution in [3.05, 3.63) is 88.4 Å². The van der Waals surface area contributed by atoms with Crippen LogP contribution in [-0.4, -0.2) is 28.0 Å². The molecule has 1 atom stereocenters. The van der Waals surface area contributed by atoms with Gasteiger partial charge in [-0.3, -0.25) is 4.79 Å². The molecule has 0 aliphatic rings. The van der Waals surface area contributed by atoms with Gasteiger partial charge in [-0.15, -0.1) is 0 Å². The van der Waals surface area contributed by atoms with Gasteiger partial charge in [-0.05, 0) is 55.8 Å². The monoisotopic (exact) mass is 561 g/mol. The highest BCUT2D eigenvalue weighted by Crippen LogP contribution is 2.39. The number of carbonyl (C=O) groups excluding carboxylic acids is 2. The van der Waals surface area contributed by atoms with Crippen LogP contribution in [-0.2, 0) is 22.3 Å². The number of anilines is 1. The average molecular weight is 562 g/mol. The van der Waals surface area contributed by atoms with Gasteiger partial charge < -0.3 is 14.6 Å². The molecule has 0 aliphatic carbocycles. The molecule has 1 aromatic heterocycles. The van der Waals surface area contributed by atoms with Crippen molar-refractivity contribution < 1.29 is 27.5 Å². The van der Waals surface area contributed by atoms with Gasteiger partial charge in [0.2, 0.25) is 5.91 Å². The second kappa shape index (κ2) is 11.5. The summed E-state index contributed by atoms with van der Waals surface area (Å²) in [5, 5.41) is 1.81. The minimum Gasteiger partial charge on any atom is -0.462 e. The molecule has 3 aromatic carbocycles. The van der Waals surface area contributed by atoms with E-state index in [1.807, 2.05) is 11.5 Å². The van der Waals surface area contributed by atoms with Crippen LogP contribution in [0.3, 0.4) is 0 Å². The minimum absolute atomic E-state index is 0.0312. The van der Waals surface area contributed by atoms with Crippen LogP contribution in [0.25, 0.3) is 11.0 Å². The molecular formula is C27H23ClF3N3O3S. The molecule has 198 valence electrons. The Kier molecular flexibility index (Phi) is 8.32. The third-order valence-electron chi connectivity index (χ3n) is 5.64. The van der Waals surface area contributed by atoms with E-state index in [1.165, 1.54) is 6.07 Å². The number of thioether (sulfide) groups is 1. The van der Waals surface area contributed by atoms with Crippen LogP contribution in [0.5, 0.6) is 0 Å². The van der Waals surface area contributed by atoms with Gasteiger partial charge in [-0.1, -0.05) is 53.7 Å². The molecule has 0 saturated carbocycles. The summed E-state index contributed by atoms with van der Waals surface area (Å²) in [7, 11) is 0. The second-order valence-electron chi connectivity index (χ2n) is 8.15. The lowest BCUT2D eigenvalue weighted by atomic mass is 10.1. The van der Waals surface area contributed by atoms with E-state index in [0.29, 0.717) is 28.3 Å². The number of halogens is 4. The maximum Gasteiger partial charge on any atom is 0.417 e. The second-order valence-corrected chi connectivity index (χ2v) is 9.63. The predicted octanol–water partition coefficient (Wildman–Crippen LogP) is 7.38. The number of benzene rings is 3. The lowest BCUT2D eigenvalue weighted by Crippen LogP contribution is -2.20. The van der Waals surface area contributed by atoms with Crippen molar-refractivity contribution in [1.29, 1.82) is 0 Å². The third-order valence-corrected chi connectivity index (χ3v) is 7.22. The molecular weight excluding hydrogens is 539 g/mol. The Morgan fingerprint density at radius 3 is 2.47 bits per heavy atom. The number of aryl methyl sites for hydroxylation is 1. The fourth-order valence-electron chi connectivity index (χ4n) is 3.88. The third kappa shape index (κ3) is 5.97. The summed E-state index contributed by atoms with van der Waals surface area (Å²) in [5.41, 5.74) is 1.25. The molecule has 6 nitrogen and oxygen atoms in total. The molecule has 0 spiro atoms. The van der Waals surface area contributed by atoms with Gasteiger partial charge in [0.25, 0.3) is 0 Å². The van der Waals surface area contributed by atoms with Gasteiger partial charge in [-0.25, -0.2) is 9.78 Å². The summed E-state index contributed by atoms with van der Waals surface area (Å²) >= 11 is 6.89. The number of amides is 1. The number of hydrogen-bond donors (Lipinski definition) is 1. The van der Waals surface area contributed by atoms with Crippen molar-refractivity contribution in [1.82, 2.24) is 9.55 Å². The van der Waals surface area contributed by atoms with E-state index in [9.17, 15) is 22.8 Å². The molecule has 0 bridgehead atoms. The van der Waals surface area contributed by atoms with Crippen molar-refractivity contribution >= 4 is 52.0 Å². The van der Waals surface area contributed by atoms with Crippen molar-refractivity contribution in [2.45, 2.75) is 37.0 Å². The molecule has 0 unspecified atom stereocenters. The molecule has 4 aromatic rings. The number of aromatic nitrogens is 2. The molecule has 1 amide bonds. The number of esters is 1. The van der Waals surface area contributed by atoms with Gasteiger partial charge in [0.15, 0.2) is 5.16 Å². The molecule has 4 rings (SSSR count). The summed E-state index contributed by atoms with van der Waals surface area (Å²) in [6.45, 7) is 4.42. The smallest absolute Gasteiger partial charge is 0.417 e. The summed E-state index contributed by atoms with van der Waals surface area (Å²) < 4.78 is 47.0. The first kappa shape index (κ1) is 27.5. The highest BCUT2D eigenvalue weighted by Gasteiger charge is 2.34. The highest BCUT2D eigenvalue weighted by molar-refractivity contribution is 8.00. The van der Waals surface area contributed by atoms with Crippen LogP contribution in [0.4, 0.5) is 18.9 Å². The first-order valence-corrected chi connectivity index (χ1v) is 12.9. The Morgan fingerprint density at radius 2 is 1.82 bits per heavy atom. The average Bonchev–Trinajstić information content (AvgIpc) is 3.24. The number of alkyl halides is 3. The fraction of sp³-hybridized carbons (Fsp3) is 0.222. The van der Waals surface area contributed by atoms with Crippen LogP contribution in [0.15, 0.2) is 71.9 Å².